The second kappa shape index (κ2) is 8.93. The molecule has 0 radical (unpaired) electrons. The van der Waals surface area contributed by atoms with Gasteiger partial charge in [0.15, 0.2) is 0 Å². The molecule has 2 N–H and O–H groups in total. The van der Waals surface area contributed by atoms with Crippen molar-refractivity contribution in [1.29, 1.82) is 0 Å². The first-order valence-corrected chi connectivity index (χ1v) is 8.03. The van der Waals surface area contributed by atoms with Gasteiger partial charge in [0.1, 0.15) is 5.75 Å². The van der Waals surface area contributed by atoms with Crippen molar-refractivity contribution in [1.82, 2.24) is 5.32 Å². The highest BCUT2D eigenvalue weighted by Crippen LogP contribution is 2.16. The van der Waals surface area contributed by atoms with Crippen LogP contribution in [0.15, 0.2) is 48.5 Å². The number of halogens is 1. The molecule has 126 valence electrons. The Morgan fingerprint density at radius 2 is 1.75 bits per heavy atom. The number of amides is 2. The Bertz CT molecular complexity index is 702. The number of hydrogen-bond donors (Lipinski definition) is 2. The second-order valence-electron chi connectivity index (χ2n) is 5.01. The third kappa shape index (κ3) is 5.28. The Labute approximate surface area is 146 Å². The third-order valence-electron chi connectivity index (χ3n) is 3.27. The molecule has 0 spiro atoms. The summed E-state index contributed by atoms with van der Waals surface area (Å²) in [5.41, 5.74) is 1.45. The normalized spacial score (nSPS) is 10.1. The molecule has 2 aromatic carbocycles. The van der Waals surface area contributed by atoms with Crippen LogP contribution < -0.4 is 15.4 Å². The summed E-state index contributed by atoms with van der Waals surface area (Å²) in [5.74, 6) is -0.686. The van der Waals surface area contributed by atoms with Crippen molar-refractivity contribution in [3.05, 3.63) is 59.1 Å². The molecule has 0 heterocycles. The summed E-state index contributed by atoms with van der Waals surface area (Å²) in [4.78, 5) is 23.7. The predicted octanol–water partition coefficient (Wildman–Crippen LogP) is 3.04. The summed E-state index contributed by atoms with van der Waals surface area (Å²) in [5, 5.41) is 5.76. The summed E-state index contributed by atoms with van der Waals surface area (Å²) in [6.07, 6.45) is 0.557. The van der Waals surface area contributed by atoms with E-state index in [-0.39, 0.29) is 0 Å². The van der Waals surface area contributed by atoms with Crippen LogP contribution in [0.3, 0.4) is 0 Å². The molecule has 24 heavy (non-hydrogen) atoms. The second-order valence-corrected chi connectivity index (χ2v) is 5.42. The van der Waals surface area contributed by atoms with E-state index < -0.39 is 11.8 Å². The molecule has 0 aliphatic heterocycles. The van der Waals surface area contributed by atoms with Crippen molar-refractivity contribution in [3.63, 3.8) is 0 Å². The first kappa shape index (κ1) is 17.8. The van der Waals surface area contributed by atoms with Gasteiger partial charge < -0.3 is 15.4 Å². The molecule has 2 rings (SSSR count). The number of carbonyl (C=O) groups is 2. The van der Waals surface area contributed by atoms with E-state index in [2.05, 4.69) is 10.6 Å². The van der Waals surface area contributed by atoms with Gasteiger partial charge in [0.2, 0.25) is 0 Å². The van der Waals surface area contributed by atoms with Crippen molar-refractivity contribution in [3.8, 4) is 5.75 Å². The van der Waals surface area contributed by atoms with E-state index in [0.29, 0.717) is 36.0 Å². The number of hydrogen-bond acceptors (Lipinski definition) is 3. The average Bonchev–Trinajstić information content (AvgIpc) is 2.58. The minimum Gasteiger partial charge on any atom is -0.494 e. The number of ether oxygens (including phenoxy) is 1. The van der Waals surface area contributed by atoms with Gasteiger partial charge in [-0.05, 0) is 49.2 Å². The molecule has 2 aromatic rings. The monoisotopic (exact) mass is 346 g/mol. The SMILES string of the molecule is CCOc1ccc(NC(=O)C(=O)NCCc2ccccc2Cl)cc1. The fraction of sp³-hybridized carbons (Fsp3) is 0.222. The van der Waals surface area contributed by atoms with Crippen molar-refractivity contribution in [2.45, 2.75) is 13.3 Å². The number of nitrogens with one attached hydrogen (secondary N) is 2. The van der Waals surface area contributed by atoms with E-state index in [1.54, 1.807) is 30.3 Å². The van der Waals surface area contributed by atoms with Crippen LogP contribution in [-0.2, 0) is 16.0 Å². The molecular formula is C18H19ClN2O3. The van der Waals surface area contributed by atoms with E-state index >= 15 is 0 Å². The number of carbonyl (C=O) groups excluding carboxylic acids is 2. The van der Waals surface area contributed by atoms with Gasteiger partial charge in [-0.25, -0.2) is 0 Å². The molecule has 0 saturated heterocycles. The largest absolute Gasteiger partial charge is 0.494 e. The van der Waals surface area contributed by atoms with Gasteiger partial charge in [-0.2, -0.15) is 0 Å². The molecule has 5 nitrogen and oxygen atoms in total. The summed E-state index contributed by atoms with van der Waals surface area (Å²) >= 11 is 6.04. The zero-order valence-corrected chi connectivity index (χ0v) is 14.1. The molecule has 0 aromatic heterocycles. The topological polar surface area (TPSA) is 67.4 Å². The standard InChI is InChI=1S/C18H19ClN2O3/c1-2-24-15-9-7-14(8-10-15)21-18(23)17(22)20-12-11-13-5-3-4-6-16(13)19/h3-10H,2,11-12H2,1H3,(H,20,22)(H,21,23). The molecule has 0 unspecified atom stereocenters. The lowest BCUT2D eigenvalue weighted by atomic mass is 10.1. The van der Waals surface area contributed by atoms with Crippen LogP contribution in [0, 0.1) is 0 Å². The molecule has 0 saturated carbocycles. The van der Waals surface area contributed by atoms with Crippen LogP contribution in [-0.4, -0.2) is 25.0 Å². The maximum Gasteiger partial charge on any atom is 0.313 e. The fourth-order valence-corrected chi connectivity index (χ4v) is 2.31. The van der Waals surface area contributed by atoms with Gasteiger partial charge in [0.05, 0.1) is 6.61 Å². The molecule has 0 aliphatic carbocycles. The minimum absolute atomic E-state index is 0.333. The zero-order valence-electron chi connectivity index (χ0n) is 13.3. The highest BCUT2D eigenvalue weighted by atomic mass is 35.5. The molecular weight excluding hydrogens is 328 g/mol. The van der Waals surface area contributed by atoms with Crippen LogP contribution in [0.1, 0.15) is 12.5 Å². The summed E-state index contributed by atoms with van der Waals surface area (Å²) in [7, 11) is 0. The van der Waals surface area contributed by atoms with Crippen molar-refractivity contribution in [2.75, 3.05) is 18.5 Å². The highest BCUT2D eigenvalue weighted by Gasteiger charge is 2.13. The van der Waals surface area contributed by atoms with Crippen molar-refractivity contribution in [2.24, 2.45) is 0 Å². The fourth-order valence-electron chi connectivity index (χ4n) is 2.08. The Hall–Kier alpha value is -2.53. The summed E-state index contributed by atoms with van der Waals surface area (Å²) < 4.78 is 5.32. The van der Waals surface area contributed by atoms with Gasteiger partial charge in [-0.1, -0.05) is 29.8 Å². The average molecular weight is 347 g/mol. The number of anilines is 1. The highest BCUT2D eigenvalue weighted by molar-refractivity contribution is 6.39. The van der Waals surface area contributed by atoms with Gasteiger partial charge >= 0.3 is 11.8 Å². The lowest BCUT2D eigenvalue weighted by molar-refractivity contribution is -0.136. The van der Waals surface area contributed by atoms with E-state index in [1.807, 2.05) is 25.1 Å². The van der Waals surface area contributed by atoms with E-state index in [0.717, 1.165) is 5.56 Å². The third-order valence-corrected chi connectivity index (χ3v) is 3.64. The van der Waals surface area contributed by atoms with E-state index in [4.69, 9.17) is 16.3 Å². The van der Waals surface area contributed by atoms with Gasteiger partial charge in [-0.3, -0.25) is 9.59 Å². The predicted molar refractivity (Wildman–Crippen MR) is 94.4 cm³/mol. The van der Waals surface area contributed by atoms with Gasteiger partial charge in [0, 0.05) is 17.3 Å². The van der Waals surface area contributed by atoms with Crippen LogP contribution in [0.2, 0.25) is 5.02 Å². The summed E-state index contributed by atoms with van der Waals surface area (Å²) in [6.45, 7) is 2.79. The Morgan fingerprint density at radius 1 is 1.04 bits per heavy atom. The Balaban J connectivity index is 1.79. The summed E-state index contributed by atoms with van der Waals surface area (Å²) in [6, 6.07) is 14.2. The lowest BCUT2D eigenvalue weighted by Gasteiger charge is -2.08. The van der Waals surface area contributed by atoms with Crippen molar-refractivity contribution < 1.29 is 14.3 Å². The quantitative estimate of drug-likeness (QED) is 0.790. The first-order chi connectivity index (χ1) is 11.6. The van der Waals surface area contributed by atoms with Gasteiger partial charge in [-0.15, -0.1) is 0 Å². The van der Waals surface area contributed by atoms with Crippen LogP contribution in [0.5, 0.6) is 5.75 Å². The zero-order chi connectivity index (χ0) is 17.4. The lowest BCUT2D eigenvalue weighted by Crippen LogP contribution is -2.36. The van der Waals surface area contributed by atoms with E-state index in [9.17, 15) is 9.59 Å². The number of benzene rings is 2. The molecule has 6 heteroatoms. The first-order valence-electron chi connectivity index (χ1n) is 7.65. The van der Waals surface area contributed by atoms with E-state index in [1.165, 1.54) is 0 Å². The minimum atomic E-state index is -0.710. The Morgan fingerprint density at radius 3 is 2.42 bits per heavy atom. The Kier molecular flexibility index (Phi) is 6.63. The van der Waals surface area contributed by atoms with Gasteiger partial charge in [0.25, 0.3) is 0 Å². The van der Waals surface area contributed by atoms with Crippen LogP contribution in [0.4, 0.5) is 5.69 Å². The molecule has 0 aliphatic rings. The maximum atomic E-state index is 11.9. The smallest absolute Gasteiger partial charge is 0.313 e. The van der Waals surface area contributed by atoms with Crippen LogP contribution >= 0.6 is 11.6 Å². The molecule has 0 atom stereocenters. The molecule has 2 amide bonds. The van der Waals surface area contributed by atoms with Crippen LogP contribution in [0.25, 0.3) is 0 Å². The number of rotatable bonds is 6. The van der Waals surface area contributed by atoms with Crippen molar-refractivity contribution >= 4 is 29.1 Å². The molecule has 0 fully saturated rings. The maximum absolute atomic E-state index is 11.9. The molecule has 0 bridgehead atoms.